The van der Waals surface area contributed by atoms with Crippen molar-refractivity contribution in [3.8, 4) is 11.4 Å². The molecule has 14 heavy (non-hydrogen) atoms. The molecule has 0 amide bonds. The molecule has 5 nitrogen and oxygen atoms in total. The summed E-state index contributed by atoms with van der Waals surface area (Å²) in [5.74, 6) is 0.953. The van der Waals surface area contributed by atoms with Crippen LogP contribution in [0.25, 0.3) is 11.4 Å². The SMILES string of the molecule is C[C@H](N)c1nc(-c2cccnc2)no1. The Balaban J connectivity index is 2.34. The van der Waals surface area contributed by atoms with Crippen LogP contribution >= 0.6 is 0 Å². The van der Waals surface area contributed by atoms with E-state index in [1.807, 2.05) is 12.1 Å². The average Bonchev–Trinajstić information content (AvgIpc) is 2.68. The molecule has 0 aromatic carbocycles. The molecule has 0 spiro atoms. The predicted octanol–water partition coefficient (Wildman–Crippen LogP) is 1.15. The fourth-order valence-corrected chi connectivity index (χ4v) is 1.03. The van der Waals surface area contributed by atoms with Crippen molar-refractivity contribution in [1.82, 2.24) is 15.1 Å². The molecule has 0 radical (unpaired) electrons. The Morgan fingerprint density at radius 2 is 2.36 bits per heavy atom. The molecule has 2 heterocycles. The van der Waals surface area contributed by atoms with E-state index in [2.05, 4.69) is 15.1 Å². The third-order valence-corrected chi connectivity index (χ3v) is 1.75. The van der Waals surface area contributed by atoms with Gasteiger partial charge in [0.25, 0.3) is 0 Å². The third-order valence-electron chi connectivity index (χ3n) is 1.75. The molecule has 0 aliphatic heterocycles. The summed E-state index contributed by atoms with van der Waals surface area (Å²) in [4.78, 5) is 8.10. The first-order valence-corrected chi connectivity index (χ1v) is 4.27. The number of pyridine rings is 1. The van der Waals surface area contributed by atoms with Gasteiger partial charge in [-0.1, -0.05) is 5.16 Å². The van der Waals surface area contributed by atoms with Gasteiger partial charge in [-0.05, 0) is 19.1 Å². The van der Waals surface area contributed by atoms with Crippen LogP contribution in [-0.4, -0.2) is 15.1 Å². The van der Waals surface area contributed by atoms with E-state index in [0.717, 1.165) is 5.56 Å². The van der Waals surface area contributed by atoms with Crippen LogP contribution in [0.2, 0.25) is 0 Å². The summed E-state index contributed by atoms with van der Waals surface area (Å²) >= 11 is 0. The van der Waals surface area contributed by atoms with Gasteiger partial charge in [-0.2, -0.15) is 4.98 Å². The van der Waals surface area contributed by atoms with Gasteiger partial charge < -0.3 is 10.3 Å². The van der Waals surface area contributed by atoms with Crippen LogP contribution in [0.5, 0.6) is 0 Å². The molecular formula is C9H10N4O. The summed E-state index contributed by atoms with van der Waals surface area (Å²) in [5.41, 5.74) is 6.42. The summed E-state index contributed by atoms with van der Waals surface area (Å²) in [6, 6.07) is 3.44. The summed E-state index contributed by atoms with van der Waals surface area (Å²) in [6.45, 7) is 1.79. The smallest absolute Gasteiger partial charge is 0.243 e. The average molecular weight is 190 g/mol. The first kappa shape index (κ1) is 8.83. The maximum atomic E-state index is 5.59. The number of nitrogens with two attached hydrogens (primary N) is 1. The van der Waals surface area contributed by atoms with E-state index in [1.165, 1.54) is 0 Å². The van der Waals surface area contributed by atoms with Crippen LogP contribution in [0.4, 0.5) is 0 Å². The lowest BCUT2D eigenvalue weighted by molar-refractivity contribution is 0.362. The molecule has 0 aliphatic rings. The highest BCUT2D eigenvalue weighted by molar-refractivity contribution is 5.51. The fraction of sp³-hybridized carbons (Fsp3) is 0.222. The summed E-state index contributed by atoms with van der Waals surface area (Å²) in [5, 5.41) is 3.80. The minimum absolute atomic E-state index is 0.243. The highest BCUT2D eigenvalue weighted by Crippen LogP contribution is 2.15. The minimum atomic E-state index is -0.243. The zero-order valence-electron chi connectivity index (χ0n) is 7.71. The molecule has 0 saturated carbocycles. The molecule has 72 valence electrons. The summed E-state index contributed by atoms with van der Waals surface area (Å²) in [6.07, 6.45) is 3.37. The van der Waals surface area contributed by atoms with Crippen LogP contribution in [0.1, 0.15) is 18.9 Å². The number of nitrogens with zero attached hydrogens (tertiary/aromatic N) is 3. The van der Waals surface area contributed by atoms with Crippen LogP contribution < -0.4 is 5.73 Å². The Morgan fingerprint density at radius 1 is 1.50 bits per heavy atom. The number of hydrogen-bond donors (Lipinski definition) is 1. The van der Waals surface area contributed by atoms with E-state index < -0.39 is 0 Å². The van der Waals surface area contributed by atoms with E-state index in [0.29, 0.717) is 11.7 Å². The maximum Gasteiger partial charge on any atom is 0.243 e. The van der Waals surface area contributed by atoms with E-state index in [9.17, 15) is 0 Å². The van der Waals surface area contributed by atoms with Crippen molar-refractivity contribution in [3.05, 3.63) is 30.4 Å². The van der Waals surface area contributed by atoms with E-state index >= 15 is 0 Å². The maximum absolute atomic E-state index is 5.59. The second-order valence-corrected chi connectivity index (χ2v) is 2.99. The zero-order valence-corrected chi connectivity index (χ0v) is 7.71. The van der Waals surface area contributed by atoms with Gasteiger partial charge in [0.1, 0.15) is 0 Å². The molecule has 0 saturated heterocycles. The van der Waals surface area contributed by atoms with Crippen LogP contribution in [0.3, 0.4) is 0 Å². The Labute approximate surface area is 81.0 Å². The first-order valence-electron chi connectivity index (χ1n) is 4.27. The third kappa shape index (κ3) is 1.62. The minimum Gasteiger partial charge on any atom is -0.337 e. The molecular weight excluding hydrogens is 180 g/mol. The second-order valence-electron chi connectivity index (χ2n) is 2.99. The molecule has 2 rings (SSSR count). The van der Waals surface area contributed by atoms with Gasteiger partial charge in [0.15, 0.2) is 0 Å². The normalized spacial score (nSPS) is 12.7. The lowest BCUT2D eigenvalue weighted by Crippen LogP contribution is -2.04. The molecule has 0 unspecified atom stereocenters. The largest absolute Gasteiger partial charge is 0.337 e. The Morgan fingerprint density at radius 3 is 2.93 bits per heavy atom. The Bertz CT molecular complexity index is 410. The molecule has 2 aromatic rings. The van der Waals surface area contributed by atoms with E-state index in [4.69, 9.17) is 10.3 Å². The van der Waals surface area contributed by atoms with Crippen molar-refractivity contribution in [1.29, 1.82) is 0 Å². The summed E-state index contributed by atoms with van der Waals surface area (Å²) in [7, 11) is 0. The molecule has 0 bridgehead atoms. The molecule has 5 heteroatoms. The van der Waals surface area contributed by atoms with Gasteiger partial charge in [-0.25, -0.2) is 0 Å². The zero-order chi connectivity index (χ0) is 9.97. The van der Waals surface area contributed by atoms with E-state index in [1.54, 1.807) is 19.3 Å². The fourth-order valence-electron chi connectivity index (χ4n) is 1.03. The number of aromatic nitrogens is 3. The van der Waals surface area contributed by atoms with Gasteiger partial charge in [0.2, 0.25) is 11.7 Å². The highest BCUT2D eigenvalue weighted by Gasteiger charge is 2.11. The van der Waals surface area contributed by atoms with Gasteiger partial charge in [-0.3, -0.25) is 4.98 Å². The van der Waals surface area contributed by atoms with Crippen molar-refractivity contribution < 1.29 is 4.52 Å². The summed E-state index contributed by atoms with van der Waals surface area (Å²) < 4.78 is 4.97. The Hall–Kier alpha value is -1.75. The lowest BCUT2D eigenvalue weighted by atomic mass is 10.3. The standard InChI is InChI=1S/C9H10N4O/c1-6(10)9-12-8(13-14-9)7-3-2-4-11-5-7/h2-6H,10H2,1H3/t6-/m0/s1. The van der Waals surface area contributed by atoms with Crippen LogP contribution in [0.15, 0.2) is 29.0 Å². The van der Waals surface area contributed by atoms with Gasteiger partial charge in [0, 0.05) is 18.0 Å². The van der Waals surface area contributed by atoms with Gasteiger partial charge >= 0.3 is 0 Å². The van der Waals surface area contributed by atoms with Crippen molar-refractivity contribution in [2.75, 3.05) is 0 Å². The topological polar surface area (TPSA) is 77.8 Å². The van der Waals surface area contributed by atoms with Crippen LogP contribution in [-0.2, 0) is 0 Å². The number of hydrogen-bond acceptors (Lipinski definition) is 5. The molecule has 1 atom stereocenters. The van der Waals surface area contributed by atoms with Crippen LogP contribution in [0, 0.1) is 0 Å². The van der Waals surface area contributed by atoms with Gasteiger partial charge in [-0.15, -0.1) is 0 Å². The van der Waals surface area contributed by atoms with E-state index in [-0.39, 0.29) is 6.04 Å². The molecule has 2 N–H and O–H groups in total. The first-order chi connectivity index (χ1) is 6.77. The molecule has 2 aromatic heterocycles. The van der Waals surface area contributed by atoms with Crippen molar-refractivity contribution in [3.63, 3.8) is 0 Å². The second kappa shape index (κ2) is 3.55. The predicted molar refractivity (Wildman–Crippen MR) is 50.1 cm³/mol. The molecule has 0 aliphatic carbocycles. The van der Waals surface area contributed by atoms with Crippen molar-refractivity contribution in [2.45, 2.75) is 13.0 Å². The van der Waals surface area contributed by atoms with Crippen molar-refractivity contribution in [2.24, 2.45) is 5.73 Å². The number of rotatable bonds is 2. The van der Waals surface area contributed by atoms with Gasteiger partial charge in [0.05, 0.1) is 6.04 Å². The Kier molecular flexibility index (Phi) is 2.24. The quantitative estimate of drug-likeness (QED) is 0.768. The van der Waals surface area contributed by atoms with Crippen molar-refractivity contribution >= 4 is 0 Å². The monoisotopic (exact) mass is 190 g/mol. The molecule has 0 fully saturated rings. The highest BCUT2D eigenvalue weighted by atomic mass is 16.5. The lowest BCUT2D eigenvalue weighted by Gasteiger charge is -1.93.